The second-order valence-electron chi connectivity index (χ2n) is 17.8. The van der Waals surface area contributed by atoms with Crippen LogP contribution in [0, 0.1) is 5.92 Å². The topological polar surface area (TPSA) is 374 Å². The number of hydrogen-bond donors (Lipinski definition) is 14. The van der Waals surface area contributed by atoms with Crippen molar-refractivity contribution in [2.45, 2.75) is 114 Å². The molecule has 0 fully saturated rings. The normalized spacial score (nSPS) is 14.6. The van der Waals surface area contributed by atoms with Crippen molar-refractivity contribution in [2.24, 2.45) is 11.7 Å². The van der Waals surface area contributed by atoms with Crippen molar-refractivity contribution >= 4 is 71.8 Å². The summed E-state index contributed by atoms with van der Waals surface area (Å²) in [5.74, 6) is -10.6. The molecule has 9 atom stereocenters. The van der Waals surface area contributed by atoms with Gasteiger partial charge in [0.15, 0.2) is 0 Å². The zero-order chi connectivity index (χ0) is 54.9. The van der Waals surface area contributed by atoms with Gasteiger partial charge in [-0.15, -0.1) is 0 Å². The van der Waals surface area contributed by atoms with E-state index in [2.05, 4.69) is 55.2 Å². The summed E-state index contributed by atoms with van der Waals surface area (Å²) in [7, 11) is 0. The van der Waals surface area contributed by atoms with Crippen LogP contribution in [0.1, 0.15) is 56.7 Å². The lowest BCUT2D eigenvalue weighted by molar-refractivity contribution is -0.143. The van der Waals surface area contributed by atoms with Crippen LogP contribution in [0.2, 0.25) is 0 Å². The predicted octanol–water partition coefficient (Wildman–Crippen LogP) is -2.15. The third kappa shape index (κ3) is 21.0. The summed E-state index contributed by atoms with van der Waals surface area (Å²) >= 11 is 4.19. The predicted molar refractivity (Wildman–Crippen MR) is 272 cm³/mol. The lowest BCUT2D eigenvalue weighted by Gasteiger charge is -2.28. The maximum Gasteiger partial charge on any atom is 0.326 e. The molecule has 0 bridgehead atoms. The van der Waals surface area contributed by atoms with Gasteiger partial charge in [-0.1, -0.05) is 105 Å². The molecule has 0 heterocycles. The van der Waals surface area contributed by atoms with Gasteiger partial charge in [0.25, 0.3) is 0 Å². The van der Waals surface area contributed by atoms with Crippen molar-refractivity contribution in [3.05, 3.63) is 108 Å². The van der Waals surface area contributed by atoms with Gasteiger partial charge in [0.2, 0.25) is 47.3 Å². The van der Waals surface area contributed by atoms with Gasteiger partial charge in [0, 0.05) is 31.4 Å². The Hall–Kier alpha value is -7.41. The minimum atomic E-state index is -1.74. The third-order valence-electron chi connectivity index (χ3n) is 11.3. The second-order valence-corrected chi connectivity index (χ2v) is 18.1. The summed E-state index contributed by atoms with van der Waals surface area (Å²) < 4.78 is 0. The number of nitrogens with two attached hydrogens (primary N) is 1. The largest absolute Gasteiger partial charge is 0.481 e. The summed E-state index contributed by atoms with van der Waals surface area (Å²) in [5, 5.41) is 57.7. The molecule has 0 spiro atoms. The highest BCUT2D eigenvalue weighted by Gasteiger charge is 2.35. The Bertz CT molecular complexity index is 2370. The average molecular weight is 1050 g/mol. The molecule has 23 nitrogen and oxygen atoms in total. The lowest BCUT2D eigenvalue weighted by atomic mass is 9.99. The molecule has 402 valence electrons. The molecule has 0 aliphatic rings. The van der Waals surface area contributed by atoms with Crippen LogP contribution < -0.4 is 48.3 Å². The van der Waals surface area contributed by atoms with Crippen LogP contribution in [0.3, 0.4) is 0 Å². The molecule has 3 aromatic rings. The summed E-state index contributed by atoms with van der Waals surface area (Å²) in [6, 6.07) is 13.0. The van der Waals surface area contributed by atoms with Crippen LogP contribution in [0.25, 0.3) is 0 Å². The first-order valence-corrected chi connectivity index (χ1v) is 24.4. The molecular formula is C50H67N9O14S. The minimum absolute atomic E-state index is 0.0326. The van der Waals surface area contributed by atoms with Crippen molar-refractivity contribution in [3.63, 3.8) is 0 Å². The SMILES string of the molecule is CC(C)C[C@H](NC(=O)[C@H](Cc1ccccc1)NC(=O)[C@H](Cc1ccccc1)NC(=O)[C@H](C)NC(=O)[C@@H](N)CO)C(=O)N[C@@H](Cc1ccccc1)C(=O)N[C@@H](CS)C(=O)N[C@@H](CO)C(=O)N[C@@H](CCC(=O)O)C(=O)O. The number of aliphatic hydroxyl groups is 2. The number of aliphatic hydroxyl groups excluding tert-OH is 2. The molecular weight excluding hydrogens is 983 g/mol. The monoisotopic (exact) mass is 1050 g/mol. The van der Waals surface area contributed by atoms with Crippen molar-refractivity contribution in [2.75, 3.05) is 19.0 Å². The van der Waals surface area contributed by atoms with Gasteiger partial charge in [0.1, 0.15) is 54.4 Å². The number of aliphatic carboxylic acids is 2. The van der Waals surface area contributed by atoms with E-state index in [4.69, 9.17) is 10.8 Å². The first-order chi connectivity index (χ1) is 35.1. The highest BCUT2D eigenvalue weighted by Crippen LogP contribution is 2.12. The molecule has 0 saturated heterocycles. The Morgan fingerprint density at radius 1 is 0.459 bits per heavy atom. The summed E-state index contributed by atoms with van der Waals surface area (Å²) in [5.41, 5.74) is 7.43. The maximum atomic E-state index is 14.5. The standard InChI is InChI=1S/C50H67N9O14S/c1-28(2)21-35(44(66)56-38(24-32-17-11-6-12-18-32)47(69)59-40(27-74)49(71)58-39(26-61)48(70)53-34(50(72)73)19-20-41(62)63)55-46(68)37(23-31-15-9-5-10-16-31)57-45(67)36(22-30-13-7-4-8-14-30)54-42(64)29(3)52-43(65)33(51)25-60/h4-18,28-29,33-40,60-61,74H,19-27,51H2,1-3H3,(H,52,65)(H,53,70)(H,54,64)(H,55,68)(H,56,66)(H,57,67)(H,58,71)(H,59,69)(H,62,63)(H,72,73)/t29-,33-,34-,35-,36-,37-,38-,39-,40-/m0/s1. The molecule has 0 aliphatic heterocycles. The number of carboxylic acids is 2. The van der Waals surface area contributed by atoms with Gasteiger partial charge in [-0.2, -0.15) is 12.6 Å². The molecule has 14 N–H and O–H groups in total. The molecule has 24 heteroatoms. The van der Waals surface area contributed by atoms with Gasteiger partial charge in [-0.05, 0) is 42.4 Å². The van der Waals surface area contributed by atoms with E-state index in [-0.39, 0.29) is 37.4 Å². The fourth-order valence-electron chi connectivity index (χ4n) is 7.19. The third-order valence-corrected chi connectivity index (χ3v) is 11.6. The fourth-order valence-corrected chi connectivity index (χ4v) is 7.45. The molecule has 8 amide bonds. The summed E-state index contributed by atoms with van der Waals surface area (Å²) in [4.78, 5) is 132. The van der Waals surface area contributed by atoms with Gasteiger partial charge in [-0.25, -0.2) is 4.79 Å². The first kappa shape index (κ1) is 60.9. The van der Waals surface area contributed by atoms with Gasteiger partial charge >= 0.3 is 11.9 Å². The average Bonchev–Trinajstić information content (AvgIpc) is 3.37. The molecule has 3 rings (SSSR count). The van der Waals surface area contributed by atoms with Crippen LogP contribution in [-0.2, 0) is 67.2 Å². The number of carbonyl (C=O) groups is 10. The van der Waals surface area contributed by atoms with Crippen molar-refractivity contribution in [1.82, 2.24) is 42.5 Å². The first-order valence-electron chi connectivity index (χ1n) is 23.7. The number of hydrogen-bond acceptors (Lipinski definition) is 14. The molecule has 0 saturated carbocycles. The molecule has 0 unspecified atom stereocenters. The van der Waals surface area contributed by atoms with Crippen molar-refractivity contribution < 1.29 is 68.4 Å². The zero-order valence-electron chi connectivity index (χ0n) is 41.2. The van der Waals surface area contributed by atoms with Crippen LogP contribution in [0.4, 0.5) is 0 Å². The Labute approximate surface area is 433 Å². The Morgan fingerprint density at radius 2 is 0.811 bits per heavy atom. The molecule has 0 aromatic heterocycles. The van der Waals surface area contributed by atoms with Crippen LogP contribution in [0.5, 0.6) is 0 Å². The number of thiol groups is 1. The maximum absolute atomic E-state index is 14.5. The van der Waals surface area contributed by atoms with E-state index in [1.54, 1.807) is 105 Å². The van der Waals surface area contributed by atoms with Crippen molar-refractivity contribution in [1.29, 1.82) is 0 Å². The second kappa shape index (κ2) is 31.2. The number of carbonyl (C=O) groups excluding carboxylic acids is 8. The fraction of sp³-hybridized carbons (Fsp3) is 0.440. The van der Waals surface area contributed by atoms with E-state index in [9.17, 15) is 63.3 Å². The summed E-state index contributed by atoms with van der Waals surface area (Å²) in [6.07, 6.45) is -1.33. The van der Waals surface area contributed by atoms with E-state index in [0.29, 0.717) is 16.7 Å². The van der Waals surface area contributed by atoms with E-state index in [1.165, 1.54) is 6.92 Å². The Balaban J connectivity index is 1.91. The van der Waals surface area contributed by atoms with Crippen LogP contribution in [0.15, 0.2) is 91.0 Å². The van der Waals surface area contributed by atoms with Crippen LogP contribution in [-0.4, -0.2) is 153 Å². The number of nitrogens with one attached hydrogen (secondary N) is 8. The molecule has 0 aliphatic carbocycles. The van der Waals surface area contributed by atoms with Gasteiger partial charge in [-0.3, -0.25) is 43.2 Å². The van der Waals surface area contributed by atoms with Crippen molar-refractivity contribution in [3.8, 4) is 0 Å². The molecule has 0 radical (unpaired) electrons. The summed E-state index contributed by atoms with van der Waals surface area (Å²) in [6.45, 7) is 3.24. The zero-order valence-corrected chi connectivity index (χ0v) is 42.1. The minimum Gasteiger partial charge on any atom is -0.481 e. The Morgan fingerprint density at radius 3 is 1.19 bits per heavy atom. The number of amides is 8. The Kier molecular flexibility index (Phi) is 25.7. The quantitative estimate of drug-likeness (QED) is 0.0306. The molecule has 74 heavy (non-hydrogen) atoms. The van der Waals surface area contributed by atoms with Gasteiger partial charge < -0.3 is 68.7 Å². The van der Waals surface area contributed by atoms with E-state index in [0.717, 1.165) is 0 Å². The highest BCUT2D eigenvalue weighted by molar-refractivity contribution is 7.80. The van der Waals surface area contributed by atoms with E-state index in [1.807, 2.05) is 0 Å². The van der Waals surface area contributed by atoms with E-state index >= 15 is 0 Å². The number of rotatable bonds is 31. The van der Waals surface area contributed by atoms with Gasteiger partial charge in [0.05, 0.1) is 13.2 Å². The molecule has 3 aromatic carbocycles. The number of carboxylic acid groups (broad SMARTS) is 2. The smallest absolute Gasteiger partial charge is 0.326 e. The van der Waals surface area contributed by atoms with Crippen LogP contribution >= 0.6 is 12.6 Å². The van der Waals surface area contributed by atoms with E-state index < -0.39 is 140 Å². The number of benzene rings is 3. The lowest BCUT2D eigenvalue weighted by Crippen LogP contribution is -2.61. The highest BCUT2D eigenvalue weighted by atomic mass is 32.1.